The predicted octanol–water partition coefficient (Wildman–Crippen LogP) is 4.21. The van der Waals surface area contributed by atoms with Crippen molar-refractivity contribution in [1.82, 2.24) is 10.2 Å². The first-order valence-corrected chi connectivity index (χ1v) is 18.7. The van der Waals surface area contributed by atoms with Gasteiger partial charge in [0.05, 0.1) is 12.7 Å². The van der Waals surface area contributed by atoms with E-state index in [1.54, 1.807) is 4.90 Å². The molecule has 0 spiro atoms. The molecule has 3 N–H and O–H groups in total. The second-order valence-electron chi connectivity index (χ2n) is 11.4. The van der Waals surface area contributed by atoms with Gasteiger partial charge in [-0.15, -0.1) is 0 Å². The molecule has 8 atom stereocenters. The van der Waals surface area contributed by atoms with E-state index < -0.39 is 35.6 Å². The van der Waals surface area contributed by atoms with Gasteiger partial charge in [0.15, 0.2) is 0 Å². The number of hydrogen-bond acceptors (Lipinski definition) is 8. The van der Waals surface area contributed by atoms with Crippen molar-refractivity contribution in [3.05, 3.63) is 11.8 Å². The molecule has 0 aromatic carbocycles. The van der Waals surface area contributed by atoms with Crippen LogP contribution in [-0.4, -0.2) is 76.1 Å². The number of carbonyl (C=O) groups excluding carboxylic acids is 1. The highest BCUT2D eigenvalue weighted by Gasteiger charge is 2.62. The maximum absolute atomic E-state index is 12.3. The lowest BCUT2D eigenvalue weighted by molar-refractivity contribution is -0.143. The summed E-state index contributed by atoms with van der Waals surface area (Å²) in [6.45, 7) is 17.9. The Hall–Kier alpha value is -1.24. The van der Waals surface area contributed by atoms with E-state index in [1.165, 1.54) is 6.20 Å². The van der Waals surface area contributed by atoms with Crippen LogP contribution in [0, 0.1) is 11.8 Å². The van der Waals surface area contributed by atoms with Crippen molar-refractivity contribution >= 4 is 23.0 Å². The van der Waals surface area contributed by atoms with Gasteiger partial charge >= 0.3 is 17.1 Å². The average Bonchev–Trinajstić information content (AvgIpc) is 3.32. The predicted molar refractivity (Wildman–Crippen MR) is 154 cm³/mol. The Bertz CT molecular complexity index is 919. The van der Waals surface area contributed by atoms with Gasteiger partial charge < -0.3 is 38.1 Å². The summed E-state index contributed by atoms with van der Waals surface area (Å²) in [6, 6.07) is 0. The number of rotatable bonds is 9. The molecule has 0 aromatic heterocycles. The van der Waals surface area contributed by atoms with Gasteiger partial charge in [-0.05, 0) is 22.2 Å². The molecule has 2 saturated heterocycles. The van der Waals surface area contributed by atoms with Crippen molar-refractivity contribution < 1.29 is 32.7 Å². The minimum atomic E-state index is -2.85. The number of fused-ring (bicyclic) bond motifs is 1. The first-order chi connectivity index (χ1) is 18.5. The van der Waals surface area contributed by atoms with E-state index in [-0.39, 0.29) is 35.5 Å². The monoisotopic (exact) mass is 582 g/mol. The van der Waals surface area contributed by atoms with Gasteiger partial charge in [-0.25, -0.2) is 0 Å². The zero-order chi connectivity index (χ0) is 29.0. The summed E-state index contributed by atoms with van der Waals surface area (Å²) < 4.78 is 28.4. The van der Waals surface area contributed by atoms with Gasteiger partial charge in [-0.1, -0.05) is 92.9 Å². The quantitative estimate of drug-likeness (QED) is 0.274. The van der Waals surface area contributed by atoms with Gasteiger partial charge in [-0.3, -0.25) is 4.79 Å². The Labute approximate surface area is 237 Å². The molecule has 8 unspecified atom stereocenters. The van der Waals surface area contributed by atoms with Crippen LogP contribution >= 0.6 is 0 Å². The van der Waals surface area contributed by atoms with Crippen LogP contribution in [0.4, 0.5) is 0 Å². The molecule has 0 saturated carbocycles. The van der Waals surface area contributed by atoms with E-state index >= 15 is 0 Å². The molecule has 3 aliphatic heterocycles. The van der Waals surface area contributed by atoms with Crippen molar-refractivity contribution in [3.63, 3.8) is 0 Å². The smallest absolute Gasteiger partial charge is 0.335 e. The van der Waals surface area contributed by atoms with Gasteiger partial charge in [0.1, 0.15) is 24.5 Å². The van der Waals surface area contributed by atoms with Crippen LogP contribution in [0.15, 0.2) is 11.8 Å². The molecule has 3 rings (SSSR count). The molecule has 2 fully saturated rings. The lowest BCUT2D eigenvalue weighted by Crippen LogP contribution is -2.65. The highest BCUT2D eigenvalue weighted by atomic mass is 28.5. The molecule has 0 radical (unpaired) electrons. The number of amides is 1. The van der Waals surface area contributed by atoms with E-state index in [1.807, 2.05) is 0 Å². The van der Waals surface area contributed by atoms with Crippen LogP contribution in [0.25, 0.3) is 0 Å². The molecule has 1 amide bonds. The van der Waals surface area contributed by atoms with Crippen molar-refractivity contribution in [1.29, 1.82) is 0 Å². The molecule has 0 bridgehead atoms. The van der Waals surface area contributed by atoms with E-state index in [4.69, 9.17) is 22.8 Å². The fraction of sp³-hybridized carbons (Fsp3) is 0.821. The third kappa shape index (κ3) is 6.33. The molecule has 3 heterocycles. The van der Waals surface area contributed by atoms with Crippen molar-refractivity contribution in [2.75, 3.05) is 13.2 Å². The molecule has 222 valence electrons. The number of ether oxygens (including phenoxy) is 1. The Morgan fingerprint density at radius 3 is 2.10 bits per heavy atom. The van der Waals surface area contributed by atoms with Crippen molar-refractivity contribution in [3.8, 4) is 11.8 Å². The molecule has 39 heavy (non-hydrogen) atoms. The van der Waals surface area contributed by atoms with Crippen LogP contribution in [-0.2, 0) is 22.5 Å². The zero-order valence-electron chi connectivity index (χ0n) is 25.0. The van der Waals surface area contributed by atoms with E-state index in [2.05, 4.69) is 72.5 Å². The summed E-state index contributed by atoms with van der Waals surface area (Å²) in [5.41, 5.74) is 1.26. The first kappa shape index (κ1) is 32.3. The lowest BCUT2D eigenvalue weighted by atomic mass is 10.1. The highest BCUT2D eigenvalue weighted by Crippen LogP contribution is 2.50. The van der Waals surface area contributed by atoms with E-state index in [0.29, 0.717) is 24.1 Å². The highest BCUT2D eigenvalue weighted by molar-refractivity contribution is 6.84. The number of aliphatic hydroxyl groups is 2. The van der Waals surface area contributed by atoms with Crippen LogP contribution in [0.5, 0.6) is 0 Å². The third-order valence-electron chi connectivity index (χ3n) is 9.21. The summed E-state index contributed by atoms with van der Waals surface area (Å²) in [6.07, 6.45) is 3.45. The van der Waals surface area contributed by atoms with Gasteiger partial charge in [0.2, 0.25) is 6.35 Å². The van der Waals surface area contributed by atoms with Gasteiger partial charge in [0.25, 0.3) is 5.91 Å². The third-order valence-corrected chi connectivity index (χ3v) is 20.2. The van der Waals surface area contributed by atoms with E-state index in [9.17, 15) is 9.90 Å². The minimum Gasteiger partial charge on any atom is -0.414 e. The topological polar surface area (TPSA) is 110 Å². The second kappa shape index (κ2) is 13.6. The van der Waals surface area contributed by atoms with Gasteiger partial charge in [0, 0.05) is 12.6 Å². The number of carbonyl (C=O) groups is 1. The summed E-state index contributed by atoms with van der Waals surface area (Å²) in [5.74, 6) is 4.68. The van der Waals surface area contributed by atoms with Crippen LogP contribution in [0.2, 0.25) is 22.2 Å². The Morgan fingerprint density at radius 1 is 1.00 bits per heavy atom. The van der Waals surface area contributed by atoms with Crippen molar-refractivity contribution in [2.45, 2.75) is 134 Å². The van der Waals surface area contributed by atoms with Gasteiger partial charge in [-0.2, -0.15) is 0 Å². The molecule has 3 aliphatic rings. The summed E-state index contributed by atoms with van der Waals surface area (Å²) >= 11 is 0. The largest absolute Gasteiger partial charge is 0.414 e. The molecule has 9 nitrogen and oxygen atoms in total. The summed E-state index contributed by atoms with van der Waals surface area (Å²) in [4.78, 5) is 13.9. The minimum absolute atomic E-state index is 0.158. The number of hydrogen-bond donors (Lipinski definition) is 3. The molecular formula is C28H50N2O7Si2. The van der Waals surface area contributed by atoms with Crippen LogP contribution in [0.1, 0.15) is 87.5 Å². The molecule has 0 aliphatic carbocycles. The standard InChI is InChI=1S/C28H50N2O7Si2/c1-9-19(5)38(20(6)10-2)34-18-25-24(36-39(37-38,21(7)11-3)22(8)12-4)16-26(35-25)30-17-23(14-13-15-31)27(32)29-28(30)33/h17,19-22,24-26,28,31,33H,9-12,15-16,18H2,1-8H3,(H,29,32). The van der Waals surface area contributed by atoms with E-state index in [0.717, 1.165) is 25.7 Å². The zero-order valence-corrected chi connectivity index (χ0v) is 27.0. The first-order valence-electron chi connectivity index (χ1n) is 14.8. The fourth-order valence-electron chi connectivity index (χ4n) is 5.95. The molecule has 11 heteroatoms. The maximum Gasteiger partial charge on any atom is 0.335 e. The Balaban J connectivity index is 2.05. The number of nitrogens with zero attached hydrogens (tertiary/aromatic N) is 1. The maximum atomic E-state index is 12.3. The number of nitrogens with one attached hydrogen (secondary N) is 1. The fourth-order valence-corrected chi connectivity index (χ4v) is 18.0. The Morgan fingerprint density at radius 2 is 1.56 bits per heavy atom. The molecule has 0 aromatic rings. The summed E-state index contributed by atoms with van der Waals surface area (Å²) in [5, 5.41) is 22.3. The van der Waals surface area contributed by atoms with Crippen LogP contribution in [0.3, 0.4) is 0 Å². The second-order valence-corrected chi connectivity index (χ2v) is 19.6. The lowest BCUT2D eigenvalue weighted by Gasteiger charge is -2.52. The normalized spacial score (nSPS) is 36.3. The number of aliphatic hydroxyl groups excluding tert-OH is 2. The SMILES string of the molecule is CCC(C)[Si]1(C(C)CC)OCC2OC(N3C=C(C#CCO)C(=O)NC3O)CC2O[Si](C(C)CC)(C(C)CC)O1. The molecular weight excluding hydrogens is 532 g/mol. The van der Waals surface area contributed by atoms with Crippen molar-refractivity contribution in [2.24, 2.45) is 0 Å². The average molecular weight is 583 g/mol. The summed E-state index contributed by atoms with van der Waals surface area (Å²) in [7, 11) is -5.60. The Kier molecular flexibility index (Phi) is 11.3. The van der Waals surface area contributed by atoms with Crippen LogP contribution < -0.4 is 5.32 Å².